The lowest BCUT2D eigenvalue weighted by Gasteiger charge is -2.11. The Kier molecular flexibility index (Phi) is 5.55. The van der Waals surface area contributed by atoms with E-state index in [1.807, 2.05) is 0 Å². The summed E-state index contributed by atoms with van der Waals surface area (Å²) in [6.07, 6.45) is -0.935. The smallest absolute Gasteiger partial charge is 0.322 e. The normalized spacial score (nSPS) is 12.8. The molecule has 98 valence electrons. The minimum absolute atomic E-state index is 0.935. The third-order valence-electron chi connectivity index (χ3n) is 1.53. The van der Waals surface area contributed by atoms with E-state index in [4.69, 9.17) is 10.2 Å². The highest BCUT2D eigenvalue weighted by atomic mass is 32.2. The molecule has 1 unspecified atom stereocenters. The summed E-state index contributed by atoms with van der Waals surface area (Å²) in [4.78, 5) is 31.5. The Bertz CT molecular complexity index is 414. The van der Waals surface area contributed by atoms with Gasteiger partial charge < -0.3 is 14.9 Å². The van der Waals surface area contributed by atoms with E-state index in [2.05, 4.69) is 4.74 Å². The zero-order valence-corrected chi connectivity index (χ0v) is 9.56. The van der Waals surface area contributed by atoms with Crippen LogP contribution in [0.4, 0.5) is 0 Å². The zero-order valence-electron chi connectivity index (χ0n) is 8.74. The molecule has 0 heterocycles. The van der Waals surface area contributed by atoms with Gasteiger partial charge in [0.15, 0.2) is 5.75 Å². The predicted molar refractivity (Wildman–Crippen MR) is 52.6 cm³/mol. The van der Waals surface area contributed by atoms with Crippen LogP contribution >= 0.6 is 0 Å². The summed E-state index contributed by atoms with van der Waals surface area (Å²) in [5, 5.41) is 16.9. The Balaban J connectivity index is 4.70. The number of nitrogens with one attached hydrogen (secondary N) is 1. The molecule has 0 aliphatic carbocycles. The number of hydrogen-bond acceptors (Lipinski definition) is 6. The highest BCUT2D eigenvalue weighted by molar-refractivity contribution is 7.90. The fourth-order valence-electron chi connectivity index (χ4n) is 0.826. The Morgan fingerprint density at radius 1 is 1.29 bits per heavy atom. The third kappa shape index (κ3) is 6.48. The van der Waals surface area contributed by atoms with E-state index >= 15 is 0 Å². The van der Waals surface area contributed by atoms with Crippen LogP contribution in [0.2, 0.25) is 0 Å². The van der Waals surface area contributed by atoms with E-state index in [9.17, 15) is 22.8 Å². The zero-order chi connectivity index (χ0) is 13.6. The van der Waals surface area contributed by atoms with Gasteiger partial charge in [-0.1, -0.05) is 0 Å². The number of esters is 1. The van der Waals surface area contributed by atoms with Crippen molar-refractivity contribution in [2.75, 3.05) is 12.9 Å². The van der Waals surface area contributed by atoms with Crippen molar-refractivity contribution in [1.29, 1.82) is 0 Å². The average Bonchev–Trinajstić information content (AvgIpc) is 2.14. The topological polar surface area (TPSA) is 147 Å². The van der Waals surface area contributed by atoms with Gasteiger partial charge in [0.1, 0.15) is 6.04 Å². The van der Waals surface area contributed by atoms with E-state index in [1.165, 1.54) is 0 Å². The van der Waals surface area contributed by atoms with E-state index in [1.54, 1.807) is 4.72 Å². The van der Waals surface area contributed by atoms with Gasteiger partial charge in [0, 0.05) is 0 Å². The van der Waals surface area contributed by atoms with Gasteiger partial charge in [-0.3, -0.25) is 14.4 Å². The average molecular weight is 269 g/mol. The molecule has 9 nitrogen and oxygen atoms in total. The molecule has 0 bridgehead atoms. The van der Waals surface area contributed by atoms with Crippen molar-refractivity contribution in [2.24, 2.45) is 0 Å². The molecule has 10 heteroatoms. The molecule has 0 aromatic rings. The first-order chi connectivity index (χ1) is 7.68. The standard InChI is InChI=1S/C7H11NO8S/c1-16-6(11)3-17(14,15)8-4(7(12)13)2-5(9)10/h4,8H,2-3H2,1H3,(H,9,10)(H,12,13). The monoisotopic (exact) mass is 269 g/mol. The highest BCUT2D eigenvalue weighted by Crippen LogP contribution is 1.97. The number of methoxy groups -OCH3 is 1. The molecule has 0 fully saturated rings. The quantitative estimate of drug-likeness (QED) is 0.450. The molecular weight excluding hydrogens is 258 g/mol. The van der Waals surface area contributed by atoms with Crippen LogP contribution in [0, 0.1) is 0 Å². The van der Waals surface area contributed by atoms with E-state index < -0.39 is 46.1 Å². The van der Waals surface area contributed by atoms with Gasteiger partial charge in [-0.2, -0.15) is 4.72 Å². The summed E-state index contributed by atoms with van der Waals surface area (Å²) in [7, 11) is -3.29. The van der Waals surface area contributed by atoms with Crippen molar-refractivity contribution in [3.05, 3.63) is 0 Å². The maximum atomic E-state index is 11.2. The molecule has 0 aliphatic heterocycles. The van der Waals surface area contributed by atoms with Crippen LogP contribution in [0.1, 0.15) is 6.42 Å². The van der Waals surface area contributed by atoms with Gasteiger partial charge in [0.2, 0.25) is 10.0 Å². The van der Waals surface area contributed by atoms with Crippen molar-refractivity contribution in [3.63, 3.8) is 0 Å². The summed E-state index contributed by atoms with van der Waals surface area (Å²) < 4.78 is 28.1. The largest absolute Gasteiger partial charge is 0.481 e. The lowest BCUT2D eigenvalue weighted by atomic mass is 10.2. The number of hydrogen-bond donors (Lipinski definition) is 3. The second-order valence-corrected chi connectivity index (χ2v) is 4.70. The molecule has 0 radical (unpaired) electrons. The number of ether oxygens (including phenoxy) is 1. The molecule has 0 aliphatic rings. The molecule has 17 heavy (non-hydrogen) atoms. The van der Waals surface area contributed by atoms with Gasteiger partial charge in [-0.05, 0) is 0 Å². The lowest BCUT2D eigenvalue weighted by molar-refractivity contribution is -0.145. The first-order valence-electron chi connectivity index (χ1n) is 4.19. The van der Waals surface area contributed by atoms with Crippen LogP contribution in [-0.2, 0) is 29.1 Å². The predicted octanol–water partition coefficient (Wildman–Crippen LogP) is -1.99. The fraction of sp³-hybridized carbons (Fsp3) is 0.571. The number of carboxylic acid groups (broad SMARTS) is 2. The molecule has 0 amide bonds. The second-order valence-electron chi connectivity index (χ2n) is 2.94. The molecule has 1 atom stereocenters. The summed E-state index contributed by atoms with van der Waals surface area (Å²) in [6.45, 7) is 0. The van der Waals surface area contributed by atoms with Crippen molar-refractivity contribution in [1.82, 2.24) is 4.72 Å². The molecule has 0 rings (SSSR count). The van der Waals surface area contributed by atoms with Gasteiger partial charge in [-0.25, -0.2) is 8.42 Å². The van der Waals surface area contributed by atoms with Crippen LogP contribution in [-0.4, -0.2) is 55.4 Å². The lowest BCUT2D eigenvalue weighted by Crippen LogP contribution is -2.44. The van der Waals surface area contributed by atoms with E-state index in [0.717, 1.165) is 7.11 Å². The summed E-state index contributed by atoms with van der Waals surface area (Å²) in [5.74, 6) is -5.30. The van der Waals surface area contributed by atoms with Crippen molar-refractivity contribution < 1.29 is 37.8 Å². The summed E-state index contributed by atoms with van der Waals surface area (Å²) >= 11 is 0. The molecule has 0 saturated heterocycles. The summed E-state index contributed by atoms with van der Waals surface area (Å²) in [6, 6.07) is -1.83. The number of carbonyl (C=O) groups is 3. The molecular formula is C7H11NO8S. The summed E-state index contributed by atoms with van der Waals surface area (Å²) in [5.41, 5.74) is 0. The Labute approximate surface area is 96.4 Å². The molecule has 0 aromatic heterocycles. The van der Waals surface area contributed by atoms with Crippen molar-refractivity contribution >= 4 is 27.9 Å². The Hall–Kier alpha value is -1.68. The number of carboxylic acids is 2. The van der Waals surface area contributed by atoms with Crippen LogP contribution in [0.15, 0.2) is 0 Å². The Morgan fingerprint density at radius 2 is 1.82 bits per heavy atom. The molecule has 0 spiro atoms. The molecule has 3 N–H and O–H groups in total. The maximum Gasteiger partial charge on any atom is 0.322 e. The van der Waals surface area contributed by atoms with Crippen LogP contribution < -0.4 is 4.72 Å². The van der Waals surface area contributed by atoms with Crippen LogP contribution in [0.25, 0.3) is 0 Å². The number of rotatable bonds is 7. The van der Waals surface area contributed by atoms with Crippen LogP contribution in [0.5, 0.6) is 0 Å². The van der Waals surface area contributed by atoms with E-state index in [0.29, 0.717) is 0 Å². The minimum atomic E-state index is -4.25. The molecule has 0 aromatic carbocycles. The first kappa shape index (κ1) is 15.3. The molecule has 0 saturated carbocycles. The maximum absolute atomic E-state index is 11.2. The highest BCUT2D eigenvalue weighted by Gasteiger charge is 2.28. The SMILES string of the molecule is COC(=O)CS(=O)(=O)NC(CC(=O)O)C(=O)O. The van der Waals surface area contributed by atoms with E-state index in [-0.39, 0.29) is 0 Å². The van der Waals surface area contributed by atoms with Gasteiger partial charge >= 0.3 is 17.9 Å². The number of carbonyl (C=O) groups excluding carboxylic acids is 1. The number of sulfonamides is 1. The van der Waals surface area contributed by atoms with Crippen LogP contribution in [0.3, 0.4) is 0 Å². The van der Waals surface area contributed by atoms with Crippen molar-refractivity contribution in [2.45, 2.75) is 12.5 Å². The second kappa shape index (κ2) is 6.15. The minimum Gasteiger partial charge on any atom is -0.481 e. The van der Waals surface area contributed by atoms with Crippen molar-refractivity contribution in [3.8, 4) is 0 Å². The first-order valence-corrected chi connectivity index (χ1v) is 5.84. The fourth-order valence-corrected chi connectivity index (χ4v) is 1.96. The number of aliphatic carboxylic acids is 2. The van der Waals surface area contributed by atoms with Gasteiger partial charge in [0.05, 0.1) is 13.5 Å². The van der Waals surface area contributed by atoms with Gasteiger partial charge in [0.25, 0.3) is 0 Å². The Morgan fingerprint density at radius 3 is 2.18 bits per heavy atom. The third-order valence-corrected chi connectivity index (χ3v) is 2.79. The van der Waals surface area contributed by atoms with Gasteiger partial charge in [-0.15, -0.1) is 0 Å².